The molecule has 186 valence electrons. The van der Waals surface area contributed by atoms with E-state index in [-0.39, 0.29) is 12.5 Å². The van der Waals surface area contributed by atoms with Crippen LogP contribution >= 0.6 is 0 Å². The molecule has 0 aliphatic heterocycles. The fraction of sp³-hybridized carbons (Fsp3) is 0.419. The van der Waals surface area contributed by atoms with E-state index in [0.29, 0.717) is 12.5 Å². The van der Waals surface area contributed by atoms with E-state index in [4.69, 9.17) is 9.47 Å². The third-order valence-corrected chi connectivity index (χ3v) is 7.06. The minimum absolute atomic E-state index is 0.254. The lowest BCUT2D eigenvalue weighted by Gasteiger charge is -2.33. The van der Waals surface area contributed by atoms with E-state index in [9.17, 15) is 5.11 Å². The van der Waals surface area contributed by atoms with E-state index >= 15 is 0 Å². The second-order valence-electron chi connectivity index (χ2n) is 9.54. The number of aliphatic hydroxyl groups excluding tert-OH is 1. The summed E-state index contributed by atoms with van der Waals surface area (Å²) in [4.78, 5) is 0. The van der Waals surface area contributed by atoms with Crippen LogP contribution in [-0.2, 0) is 6.42 Å². The SMILES string of the molecule is CCCCNCC(O)COc1ccc(C(c2ccc(OC)cc2)C2CCCc3ccccc32)cc1. The highest BCUT2D eigenvalue weighted by molar-refractivity contribution is 5.44. The fourth-order valence-corrected chi connectivity index (χ4v) is 5.20. The Labute approximate surface area is 210 Å². The Balaban J connectivity index is 1.52. The number of fused-ring (bicyclic) bond motifs is 1. The number of aliphatic hydroxyl groups is 1. The molecule has 0 fully saturated rings. The zero-order valence-electron chi connectivity index (χ0n) is 21.1. The van der Waals surface area contributed by atoms with Gasteiger partial charge in [-0.1, -0.05) is 61.9 Å². The predicted molar refractivity (Wildman–Crippen MR) is 143 cm³/mol. The number of hydrogen-bond donors (Lipinski definition) is 2. The molecule has 3 aromatic rings. The van der Waals surface area contributed by atoms with Crippen molar-refractivity contribution < 1.29 is 14.6 Å². The Morgan fingerprint density at radius 2 is 1.63 bits per heavy atom. The lowest BCUT2D eigenvalue weighted by Crippen LogP contribution is -2.31. The van der Waals surface area contributed by atoms with Gasteiger partial charge in [0.25, 0.3) is 0 Å². The van der Waals surface area contributed by atoms with Gasteiger partial charge in [0, 0.05) is 12.5 Å². The molecular formula is C31H39NO3. The number of hydrogen-bond acceptors (Lipinski definition) is 4. The first-order chi connectivity index (χ1) is 17.2. The lowest BCUT2D eigenvalue weighted by atomic mass is 9.71. The smallest absolute Gasteiger partial charge is 0.119 e. The number of methoxy groups -OCH3 is 1. The predicted octanol–water partition coefficient (Wildman–Crippen LogP) is 6.08. The number of unbranched alkanes of at least 4 members (excludes halogenated alkanes) is 1. The van der Waals surface area contributed by atoms with Crippen molar-refractivity contribution in [1.82, 2.24) is 5.32 Å². The summed E-state index contributed by atoms with van der Waals surface area (Å²) in [6, 6.07) is 25.9. The van der Waals surface area contributed by atoms with E-state index in [0.717, 1.165) is 37.3 Å². The fourth-order valence-electron chi connectivity index (χ4n) is 5.20. The van der Waals surface area contributed by atoms with Crippen molar-refractivity contribution in [3.63, 3.8) is 0 Å². The molecule has 0 spiro atoms. The normalized spacial score (nSPS) is 16.8. The van der Waals surface area contributed by atoms with Crippen LogP contribution in [-0.4, -0.2) is 38.0 Å². The van der Waals surface area contributed by atoms with Crippen LogP contribution in [0.25, 0.3) is 0 Å². The highest BCUT2D eigenvalue weighted by Gasteiger charge is 2.30. The van der Waals surface area contributed by atoms with Gasteiger partial charge >= 0.3 is 0 Å². The minimum Gasteiger partial charge on any atom is -0.497 e. The summed E-state index contributed by atoms with van der Waals surface area (Å²) < 4.78 is 11.3. The molecular weight excluding hydrogens is 434 g/mol. The topological polar surface area (TPSA) is 50.7 Å². The van der Waals surface area contributed by atoms with Crippen molar-refractivity contribution in [3.05, 3.63) is 95.1 Å². The molecule has 0 amide bonds. The quantitative estimate of drug-likeness (QED) is 0.313. The van der Waals surface area contributed by atoms with Crippen molar-refractivity contribution in [3.8, 4) is 11.5 Å². The van der Waals surface area contributed by atoms with Gasteiger partial charge in [0.1, 0.15) is 24.2 Å². The van der Waals surface area contributed by atoms with Crippen LogP contribution in [0.3, 0.4) is 0 Å². The summed E-state index contributed by atoms with van der Waals surface area (Å²) >= 11 is 0. The molecule has 1 aliphatic rings. The molecule has 3 aromatic carbocycles. The van der Waals surface area contributed by atoms with Crippen molar-refractivity contribution in [1.29, 1.82) is 0 Å². The van der Waals surface area contributed by atoms with Gasteiger partial charge in [0.2, 0.25) is 0 Å². The average Bonchev–Trinajstić information content (AvgIpc) is 2.91. The molecule has 1 aliphatic carbocycles. The highest BCUT2D eigenvalue weighted by atomic mass is 16.5. The first-order valence-electron chi connectivity index (χ1n) is 13.0. The Hall–Kier alpha value is -2.82. The highest BCUT2D eigenvalue weighted by Crippen LogP contribution is 2.45. The summed E-state index contributed by atoms with van der Waals surface area (Å²) in [6.45, 7) is 3.94. The minimum atomic E-state index is -0.516. The molecule has 0 radical (unpaired) electrons. The maximum absolute atomic E-state index is 10.2. The molecule has 2 N–H and O–H groups in total. The molecule has 3 atom stereocenters. The molecule has 3 unspecified atom stereocenters. The molecule has 0 heterocycles. The summed E-state index contributed by atoms with van der Waals surface area (Å²) in [7, 11) is 1.71. The average molecular weight is 474 g/mol. The number of ether oxygens (including phenoxy) is 2. The molecule has 0 saturated heterocycles. The molecule has 0 bridgehead atoms. The lowest BCUT2D eigenvalue weighted by molar-refractivity contribution is 0.106. The summed E-state index contributed by atoms with van der Waals surface area (Å²) in [6.07, 6.45) is 5.29. The van der Waals surface area contributed by atoms with Crippen molar-refractivity contribution in [2.45, 2.75) is 57.0 Å². The van der Waals surface area contributed by atoms with Gasteiger partial charge in [-0.15, -0.1) is 0 Å². The zero-order chi connectivity index (χ0) is 24.5. The number of aryl methyl sites for hydroxylation is 1. The molecule has 4 nitrogen and oxygen atoms in total. The van der Waals surface area contributed by atoms with Crippen LogP contribution in [0.5, 0.6) is 11.5 Å². The maximum atomic E-state index is 10.2. The van der Waals surface area contributed by atoms with E-state index in [2.05, 4.69) is 72.9 Å². The van der Waals surface area contributed by atoms with Crippen molar-refractivity contribution in [2.75, 3.05) is 26.8 Å². The molecule has 35 heavy (non-hydrogen) atoms. The van der Waals surface area contributed by atoms with Crippen molar-refractivity contribution >= 4 is 0 Å². The summed E-state index contributed by atoms with van der Waals surface area (Å²) in [5.74, 6) is 2.35. The van der Waals surface area contributed by atoms with Crippen molar-refractivity contribution in [2.24, 2.45) is 0 Å². The standard InChI is InChI=1S/C31H39NO3/c1-3-4-20-32-21-26(33)22-35-28-18-14-25(15-19-28)31(24-12-16-27(34-2)17-13-24)30-11-7-9-23-8-5-6-10-29(23)30/h5-6,8,10,12-19,26,30-33H,3-4,7,9,11,20-22H2,1-2H3. The third-order valence-electron chi connectivity index (χ3n) is 7.06. The van der Waals surface area contributed by atoms with Gasteiger partial charge in [0.15, 0.2) is 0 Å². The molecule has 0 saturated carbocycles. The maximum Gasteiger partial charge on any atom is 0.119 e. The Kier molecular flexibility index (Phi) is 9.21. The van der Waals surface area contributed by atoms with Gasteiger partial charge in [-0.05, 0) is 84.7 Å². The summed E-state index contributed by atoms with van der Waals surface area (Å²) in [5, 5.41) is 13.5. The van der Waals surface area contributed by atoms with Gasteiger partial charge in [-0.3, -0.25) is 0 Å². The van der Waals surface area contributed by atoms with Crippen LogP contribution in [0.2, 0.25) is 0 Å². The number of benzene rings is 3. The van der Waals surface area contributed by atoms with Crippen LogP contribution in [0, 0.1) is 0 Å². The Morgan fingerprint density at radius 3 is 2.31 bits per heavy atom. The largest absolute Gasteiger partial charge is 0.497 e. The molecule has 4 heteroatoms. The van der Waals surface area contributed by atoms with E-state index < -0.39 is 6.10 Å². The summed E-state index contributed by atoms with van der Waals surface area (Å²) in [5.41, 5.74) is 5.53. The first kappa shape index (κ1) is 25.3. The Morgan fingerprint density at radius 1 is 0.943 bits per heavy atom. The van der Waals surface area contributed by atoms with Gasteiger partial charge in [-0.25, -0.2) is 0 Å². The van der Waals surface area contributed by atoms with Crippen LogP contribution < -0.4 is 14.8 Å². The van der Waals surface area contributed by atoms with Gasteiger partial charge < -0.3 is 19.9 Å². The van der Waals surface area contributed by atoms with E-state index in [1.807, 2.05) is 12.1 Å². The zero-order valence-corrected chi connectivity index (χ0v) is 21.1. The second kappa shape index (κ2) is 12.8. The number of rotatable bonds is 12. The van der Waals surface area contributed by atoms with Gasteiger partial charge in [0.05, 0.1) is 7.11 Å². The van der Waals surface area contributed by atoms with Crippen LogP contribution in [0.1, 0.15) is 66.7 Å². The van der Waals surface area contributed by atoms with E-state index in [1.165, 1.54) is 35.1 Å². The third kappa shape index (κ3) is 6.65. The van der Waals surface area contributed by atoms with Crippen LogP contribution in [0.15, 0.2) is 72.8 Å². The first-order valence-corrected chi connectivity index (χ1v) is 13.0. The molecule has 4 rings (SSSR count). The Bertz CT molecular complexity index is 1030. The van der Waals surface area contributed by atoms with Crippen LogP contribution in [0.4, 0.5) is 0 Å². The second-order valence-corrected chi connectivity index (χ2v) is 9.54. The van der Waals surface area contributed by atoms with E-state index in [1.54, 1.807) is 7.11 Å². The molecule has 0 aromatic heterocycles. The number of nitrogens with one attached hydrogen (secondary N) is 1. The monoisotopic (exact) mass is 473 g/mol. The van der Waals surface area contributed by atoms with Gasteiger partial charge in [-0.2, -0.15) is 0 Å².